The predicted octanol–water partition coefficient (Wildman–Crippen LogP) is 1.64. The van der Waals surface area contributed by atoms with Crippen LogP contribution in [-0.4, -0.2) is 4.57 Å². The van der Waals surface area contributed by atoms with Gasteiger partial charge in [-0.1, -0.05) is 0 Å². The smallest absolute Gasteiger partial charge is 0.240 e. The molecule has 0 spiro atoms. The number of aryl methyl sites for hydroxylation is 1. The second-order valence-electron chi connectivity index (χ2n) is 3.49. The molecule has 2 aromatic rings. The van der Waals surface area contributed by atoms with Crippen molar-refractivity contribution < 1.29 is 13.3 Å². The minimum absolute atomic E-state index is 0.410. The summed E-state index contributed by atoms with van der Waals surface area (Å²) in [4.78, 5) is 0. The largest absolute Gasteiger partial charge is 0.243 e. The Morgan fingerprint density at radius 3 is 2.73 bits per heavy atom. The van der Waals surface area contributed by atoms with E-state index in [-0.39, 0.29) is 0 Å². The Morgan fingerprint density at radius 2 is 2.13 bits per heavy atom. The highest BCUT2D eigenvalue weighted by Gasteiger charge is 2.07. The lowest BCUT2D eigenvalue weighted by atomic mass is 10.2. The van der Waals surface area contributed by atoms with Crippen molar-refractivity contribution in [3.05, 3.63) is 54.1 Å². The first-order valence-electron chi connectivity index (χ1n) is 4.60. The van der Waals surface area contributed by atoms with Crippen LogP contribution < -0.4 is 4.57 Å². The number of nitrogens with zero attached hydrogens (tertiary/aromatic N) is 2. The maximum atomic E-state index is 13.3. The number of halogens is 2. The highest BCUT2D eigenvalue weighted by molar-refractivity contribution is 5.18. The maximum absolute atomic E-state index is 13.3. The normalized spacial score (nSPS) is 10.6. The number of imidazole rings is 1. The van der Waals surface area contributed by atoms with Gasteiger partial charge < -0.3 is 0 Å². The third kappa shape index (κ3) is 2.21. The minimum Gasteiger partial charge on any atom is -0.240 e. The van der Waals surface area contributed by atoms with E-state index in [1.807, 2.05) is 34.9 Å². The predicted molar refractivity (Wildman–Crippen MR) is 51.1 cm³/mol. The van der Waals surface area contributed by atoms with E-state index < -0.39 is 11.6 Å². The molecule has 0 N–H and O–H groups in total. The molecule has 0 aliphatic carbocycles. The fraction of sp³-hybridized carbons (Fsp3) is 0.182. The van der Waals surface area contributed by atoms with Crippen molar-refractivity contribution in [3.63, 3.8) is 0 Å². The van der Waals surface area contributed by atoms with E-state index in [4.69, 9.17) is 0 Å². The van der Waals surface area contributed by atoms with Gasteiger partial charge in [-0.25, -0.2) is 17.9 Å². The van der Waals surface area contributed by atoms with E-state index >= 15 is 0 Å². The number of hydrogen-bond acceptors (Lipinski definition) is 0. The molecule has 0 fully saturated rings. The Kier molecular flexibility index (Phi) is 2.49. The van der Waals surface area contributed by atoms with E-state index in [2.05, 4.69) is 0 Å². The van der Waals surface area contributed by atoms with Crippen LogP contribution in [-0.2, 0) is 13.6 Å². The van der Waals surface area contributed by atoms with Gasteiger partial charge in [-0.05, 0) is 12.1 Å². The Bertz CT molecular complexity index is 477. The monoisotopic (exact) mass is 209 g/mol. The minimum atomic E-state index is -0.547. The summed E-state index contributed by atoms with van der Waals surface area (Å²) in [5, 5.41) is 0. The summed E-state index contributed by atoms with van der Waals surface area (Å²) in [5.41, 5.74) is 0.479. The first-order valence-corrected chi connectivity index (χ1v) is 4.60. The zero-order chi connectivity index (χ0) is 10.8. The van der Waals surface area contributed by atoms with Gasteiger partial charge in [-0.15, -0.1) is 0 Å². The molecule has 0 unspecified atom stereocenters. The fourth-order valence-electron chi connectivity index (χ4n) is 1.44. The quantitative estimate of drug-likeness (QED) is 0.665. The standard InChI is InChI=1S/C11H11F2N2/c1-14-4-5-15(8-14)7-9-2-3-10(12)6-11(9)13/h2-6,8H,7H2,1H3/q+1. The summed E-state index contributed by atoms with van der Waals surface area (Å²) in [5.74, 6) is -1.05. The molecule has 1 aromatic carbocycles. The van der Waals surface area contributed by atoms with Gasteiger partial charge in [0.25, 0.3) is 0 Å². The summed E-state index contributed by atoms with van der Waals surface area (Å²) in [6.45, 7) is 0.410. The van der Waals surface area contributed by atoms with Crippen LogP contribution in [0, 0.1) is 11.6 Å². The summed E-state index contributed by atoms with van der Waals surface area (Å²) in [6.07, 6.45) is 5.53. The molecule has 0 saturated heterocycles. The third-order valence-corrected chi connectivity index (χ3v) is 2.19. The van der Waals surface area contributed by atoms with Gasteiger partial charge in [-0.2, -0.15) is 0 Å². The van der Waals surface area contributed by atoms with Gasteiger partial charge in [0.15, 0.2) is 0 Å². The molecule has 2 nitrogen and oxygen atoms in total. The van der Waals surface area contributed by atoms with E-state index in [0.29, 0.717) is 12.1 Å². The lowest BCUT2D eigenvalue weighted by molar-refractivity contribution is -0.671. The average molecular weight is 209 g/mol. The summed E-state index contributed by atoms with van der Waals surface area (Å²) in [7, 11) is 1.89. The lowest BCUT2D eigenvalue weighted by Crippen LogP contribution is -2.23. The van der Waals surface area contributed by atoms with Crippen LogP contribution in [0.5, 0.6) is 0 Å². The fourth-order valence-corrected chi connectivity index (χ4v) is 1.44. The van der Waals surface area contributed by atoms with Crippen molar-refractivity contribution in [3.8, 4) is 0 Å². The molecule has 0 bridgehead atoms. The molecule has 0 aliphatic heterocycles. The first kappa shape index (κ1) is 9.83. The molecule has 0 aliphatic rings. The summed E-state index contributed by atoms with van der Waals surface area (Å²) in [6, 6.07) is 3.63. The summed E-state index contributed by atoms with van der Waals surface area (Å²) >= 11 is 0. The average Bonchev–Trinajstić information content (AvgIpc) is 2.56. The SMILES string of the molecule is C[n+]1ccn(Cc2ccc(F)cc2F)c1. The van der Waals surface area contributed by atoms with Gasteiger partial charge in [0.1, 0.15) is 30.6 Å². The zero-order valence-electron chi connectivity index (χ0n) is 8.32. The molecular weight excluding hydrogens is 198 g/mol. The molecule has 0 atom stereocenters. The van der Waals surface area contributed by atoms with E-state index in [0.717, 1.165) is 6.07 Å². The molecular formula is C11H11F2N2+. The molecule has 1 aromatic heterocycles. The third-order valence-electron chi connectivity index (χ3n) is 2.19. The highest BCUT2D eigenvalue weighted by atomic mass is 19.1. The number of hydrogen-bond donors (Lipinski definition) is 0. The van der Waals surface area contributed by atoms with Gasteiger partial charge >= 0.3 is 0 Å². The molecule has 1 heterocycles. The van der Waals surface area contributed by atoms with Crippen LogP contribution >= 0.6 is 0 Å². The van der Waals surface area contributed by atoms with Gasteiger partial charge in [0.05, 0.1) is 7.05 Å². The maximum Gasteiger partial charge on any atom is 0.243 e. The number of aromatic nitrogens is 2. The van der Waals surface area contributed by atoms with Crippen LogP contribution in [0.25, 0.3) is 0 Å². The van der Waals surface area contributed by atoms with E-state index in [1.54, 1.807) is 0 Å². The van der Waals surface area contributed by atoms with Crippen molar-refractivity contribution in [2.24, 2.45) is 7.05 Å². The molecule has 78 valence electrons. The van der Waals surface area contributed by atoms with Crippen molar-refractivity contribution in [1.82, 2.24) is 4.57 Å². The Hall–Kier alpha value is -1.71. The molecule has 4 heteroatoms. The van der Waals surface area contributed by atoms with Crippen molar-refractivity contribution >= 4 is 0 Å². The number of benzene rings is 1. The molecule has 2 rings (SSSR count). The molecule has 0 amide bonds. The lowest BCUT2D eigenvalue weighted by Gasteiger charge is -1.99. The zero-order valence-corrected chi connectivity index (χ0v) is 8.32. The van der Waals surface area contributed by atoms with Crippen molar-refractivity contribution in [1.29, 1.82) is 0 Å². The molecule has 0 radical (unpaired) electrons. The Labute approximate surface area is 86.4 Å². The first-order chi connectivity index (χ1) is 7.15. The number of rotatable bonds is 2. The van der Waals surface area contributed by atoms with Crippen LogP contribution in [0.3, 0.4) is 0 Å². The van der Waals surface area contributed by atoms with Crippen molar-refractivity contribution in [2.45, 2.75) is 6.54 Å². The van der Waals surface area contributed by atoms with Crippen molar-refractivity contribution in [2.75, 3.05) is 0 Å². The topological polar surface area (TPSA) is 8.81 Å². The van der Waals surface area contributed by atoms with Gasteiger partial charge in [0.2, 0.25) is 6.33 Å². The highest BCUT2D eigenvalue weighted by Crippen LogP contribution is 2.10. The Balaban J connectivity index is 2.24. The van der Waals surface area contributed by atoms with E-state index in [9.17, 15) is 8.78 Å². The second kappa shape index (κ2) is 3.81. The molecule has 15 heavy (non-hydrogen) atoms. The molecule has 0 saturated carbocycles. The van der Waals surface area contributed by atoms with E-state index in [1.165, 1.54) is 12.1 Å². The Morgan fingerprint density at radius 1 is 1.33 bits per heavy atom. The van der Waals surface area contributed by atoms with Gasteiger partial charge in [-0.3, -0.25) is 0 Å². The summed E-state index contributed by atoms with van der Waals surface area (Å²) < 4.78 is 29.6. The van der Waals surface area contributed by atoms with Crippen LogP contribution in [0.15, 0.2) is 36.9 Å². The van der Waals surface area contributed by atoms with Crippen LogP contribution in [0.2, 0.25) is 0 Å². The van der Waals surface area contributed by atoms with Crippen LogP contribution in [0.4, 0.5) is 8.78 Å². The van der Waals surface area contributed by atoms with Gasteiger partial charge in [0, 0.05) is 11.6 Å². The van der Waals surface area contributed by atoms with Crippen LogP contribution in [0.1, 0.15) is 5.56 Å². The second-order valence-corrected chi connectivity index (χ2v) is 3.49.